The van der Waals surface area contributed by atoms with Crippen molar-refractivity contribution in [1.82, 2.24) is 15.1 Å². The lowest BCUT2D eigenvalue weighted by Gasteiger charge is -2.41. The molecule has 0 aliphatic carbocycles. The first-order valence-corrected chi connectivity index (χ1v) is 10.5. The van der Waals surface area contributed by atoms with Crippen molar-refractivity contribution in [3.05, 3.63) is 35.6 Å². The first kappa shape index (κ1) is 21.6. The van der Waals surface area contributed by atoms with Crippen LogP contribution in [0.5, 0.6) is 0 Å². The molecular weight excluding hydrogens is 373 g/mol. The predicted molar refractivity (Wildman–Crippen MR) is 109 cm³/mol. The molecule has 3 amide bonds. The van der Waals surface area contributed by atoms with Crippen molar-refractivity contribution < 1.29 is 18.7 Å². The average molecular weight is 406 g/mol. The molecule has 1 N–H and O–H groups in total. The summed E-state index contributed by atoms with van der Waals surface area (Å²) < 4.78 is 19.8. The Kier molecular flexibility index (Phi) is 6.77. The molecule has 6 nitrogen and oxygen atoms in total. The zero-order valence-corrected chi connectivity index (χ0v) is 17.6. The summed E-state index contributed by atoms with van der Waals surface area (Å²) in [6.07, 6.45) is 2.20. The van der Waals surface area contributed by atoms with Gasteiger partial charge in [0.05, 0.1) is 11.7 Å². The Morgan fingerprint density at radius 2 is 1.79 bits per heavy atom. The number of piperazine rings is 1. The molecule has 2 saturated heterocycles. The number of rotatable bonds is 3. The molecule has 29 heavy (non-hydrogen) atoms. The van der Waals surface area contributed by atoms with E-state index in [-0.39, 0.29) is 29.0 Å². The second kappa shape index (κ2) is 9.11. The second-order valence-corrected chi connectivity index (χ2v) is 9.00. The topological polar surface area (TPSA) is 61.9 Å². The molecule has 2 heterocycles. The van der Waals surface area contributed by atoms with E-state index >= 15 is 0 Å². The van der Waals surface area contributed by atoms with Gasteiger partial charge >= 0.3 is 6.03 Å². The highest BCUT2D eigenvalue weighted by atomic mass is 19.1. The van der Waals surface area contributed by atoms with Crippen LogP contribution in [0.1, 0.15) is 44.0 Å². The second-order valence-electron chi connectivity index (χ2n) is 9.00. The summed E-state index contributed by atoms with van der Waals surface area (Å²) in [5.74, 6) is -0.534. The summed E-state index contributed by atoms with van der Waals surface area (Å²) in [4.78, 5) is 28.4. The van der Waals surface area contributed by atoms with Gasteiger partial charge in [0.15, 0.2) is 0 Å². The molecule has 2 unspecified atom stereocenters. The maximum absolute atomic E-state index is 13.9. The summed E-state index contributed by atoms with van der Waals surface area (Å²) in [5, 5.41) is 3.05. The molecule has 2 atom stereocenters. The lowest BCUT2D eigenvalue weighted by Crippen LogP contribution is -2.54. The number of carbonyl (C=O) groups excluding carboxylic acids is 2. The number of benzene rings is 1. The third-order valence-corrected chi connectivity index (χ3v) is 5.77. The molecule has 1 aromatic carbocycles. The Hall–Kier alpha value is -2.15. The van der Waals surface area contributed by atoms with Gasteiger partial charge in [0.2, 0.25) is 0 Å². The van der Waals surface area contributed by atoms with Crippen LogP contribution >= 0.6 is 0 Å². The maximum Gasteiger partial charge on any atom is 0.317 e. The van der Waals surface area contributed by atoms with Gasteiger partial charge in [-0.1, -0.05) is 32.9 Å². The van der Waals surface area contributed by atoms with Gasteiger partial charge in [-0.15, -0.1) is 0 Å². The van der Waals surface area contributed by atoms with Crippen molar-refractivity contribution in [2.24, 2.45) is 11.3 Å². The Balaban J connectivity index is 1.49. The SMILES string of the molecule is CC(C)(C)C1OCCCC1CNC(=O)N1CCN(C(=O)c2ccccc2F)CC1. The number of ether oxygens (including phenoxy) is 1. The highest BCUT2D eigenvalue weighted by Gasteiger charge is 2.36. The number of urea groups is 1. The van der Waals surface area contributed by atoms with E-state index in [4.69, 9.17) is 4.74 Å². The predicted octanol–water partition coefficient (Wildman–Crippen LogP) is 3.13. The van der Waals surface area contributed by atoms with Crippen LogP contribution in [0.3, 0.4) is 0 Å². The van der Waals surface area contributed by atoms with Crippen molar-refractivity contribution >= 4 is 11.9 Å². The fraction of sp³-hybridized carbons (Fsp3) is 0.636. The number of halogens is 1. The highest BCUT2D eigenvalue weighted by molar-refractivity contribution is 5.94. The number of nitrogens with zero attached hydrogens (tertiary/aromatic N) is 2. The minimum atomic E-state index is -0.513. The van der Waals surface area contributed by atoms with E-state index in [1.54, 1.807) is 21.9 Å². The Labute approximate surface area is 172 Å². The minimum Gasteiger partial charge on any atom is -0.377 e. The summed E-state index contributed by atoms with van der Waals surface area (Å²) in [6.45, 7) is 9.57. The quantitative estimate of drug-likeness (QED) is 0.840. The van der Waals surface area contributed by atoms with Crippen LogP contribution in [0.4, 0.5) is 9.18 Å². The Morgan fingerprint density at radius 1 is 1.14 bits per heavy atom. The van der Waals surface area contributed by atoms with E-state index in [1.807, 2.05) is 0 Å². The van der Waals surface area contributed by atoms with E-state index in [0.717, 1.165) is 19.4 Å². The summed E-state index contributed by atoms with van der Waals surface area (Å²) in [6, 6.07) is 5.89. The van der Waals surface area contributed by atoms with Gasteiger partial charge in [-0.25, -0.2) is 9.18 Å². The number of hydrogen-bond acceptors (Lipinski definition) is 3. The average Bonchev–Trinajstić information content (AvgIpc) is 2.71. The van der Waals surface area contributed by atoms with Gasteiger partial charge < -0.3 is 19.9 Å². The molecule has 160 valence electrons. The van der Waals surface area contributed by atoms with Crippen LogP contribution in [0.25, 0.3) is 0 Å². The van der Waals surface area contributed by atoms with Crippen LogP contribution in [-0.2, 0) is 4.74 Å². The van der Waals surface area contributed by atoms with Crippen molar-refractivity contribution in [2.75, 3.05) is 39.3 Å². The zero-order chi connectivity index (χ0) is 21.0. The molecule has 3 rings (SSSR count). The molecule has 2 fully saturated rings. The monoisotopic (exact) mass is 405 g/mol. The van der Waals surface area contributed by atoms with Crippen LogP contribution in [0.2, 0.25) is 0 Å². The molecule has 1 aromatic rings. The van der Waals surface area contributed by atoms with Crippen LogP contribution in [0, 0.1) is 17.2 Å². The van der Waals surface area contributed by atoms with Gasteiger partial charge in [-0.2, -0.15) is 0 Å². The molecular formula is C22H32FN3O3. The fourth-order valence-electron chi connectivity index (χ4n) is 4.26. The van der Waals surface area contributed by atoms with E-state index in [9.17, 15) is 14.0 Å². The largest absolute Gasteiger partial charge is 0.377 e. The smallest absolute Gasteiger partial charge is 0.317 e. The fourth-order valence-corrected chi connectivity index (χ4v) is 4.26. The van der Waals surface area contributed by atoms with E-state index < -0.39 is 5.82 Å². The summed E-state index contributed by atoms with van der Waals surface area (Å²) >= 11 is 0. The molecule has 0 aromatic heterocycles. The number of hydrogen-bond donors (Lipinski definition) is 1. The zero-order valence-electron chi connectivity index (χ0n) is 17.6. The third-order valence-electron chi connectivity index (χ3n) is 5.77. The number of amides is 3. The van der Waals surface area contributed by atoms with Gasteiger partial charge in [0, 0.05) is 45.2 Å². The normalized spacial score (nSPS) is 23.0. The molecule has 0 bridgehead atoms. The summed E-state index contributed by atoms with van der Waals surface area (Å²) in [5.41, 5.74) is 0.116. The van der Waals surface area contributed by atoms with Crippen LogP contribution in [0.15, 0.2) is 24.3 Å². The first-order chi connectivity index (χ1) is 13.8. The van der Waals surface area contributed by atoms with Crippen molar-refractivity contribution in [3.8, 4) is 0 Å². The first-order valence-electron chi connectivity index (χ1n) is 10.5. The molecule has 2 aliphatic rings. The van der Waals surface area contributed by atoms with Gasteiger partial charge in [0.25, 0.3) is 5.91 Å². The highest BCUT2D eigenvalue weighted by Crippen LogP contribution is 2.33. The standard InChI is InChI=1S/C22H32FN3O3/c1-22(2,3)19-16(7-6-14-29-19)15-24-21(28)26-12-10-25(11-13-26)20(27)17-8-4-5-9-18(17)23/h4-5,8-9,16,19H,6-7,10-15H2,1-3H3,(H,24,28). The van der Waals surface area contributed by atoms with E-state index in [0.29, 0.717) is 38.6 Å². The molecule has 0 radical (unpaired) electrons. The number of nitrogens with one attached hydrogen (secondary N) is 1. The van der Waals surface area contributed by atoms with Crippen LogP contribution in [-0.4, -0.2) is 67.2 Å². The lowest BCUT2D eigenvalue weighted by atomic mass is 9.78. The maximum atomic E-state index is 13.9. The molecule has 7 heteroatoms. The van der Waals surface area contributed by atoms with Crippen molar-refractivity contribution in [2.45, 2.75) is 39.7 Å². The third kappa shape index (κ3) is 5.26. The van der Waals surface area contributed by atoms with Gasteiger partial charge in [-0.3, -0.25) is 4.79 Å². The minimum absolute atomic E-state index is 0.0362. The van der Waals surface area contributed by atoms with Crippen molar-refractivity contribution in [3.63, 3.8) is 0 Å². The summed E-state index contributed by atoms with van der Waals surface area (Å²) in [7, 11) is 0. The van der Waals surface area contributed by atoms with Crippen LogP contribution < -0.4 is 5.32 Å². The molecule has 0 spiro atoms. The van der Waals surface area contributed by atoms with Gasteiger partial charge in [-0.05, 0) is 30.4 Å². The van der Waals surface area contributed by atoms with Crippen molar-refractivity contribution in [1.29, 1.82) is 0 Å². The Morgan fingerprint density at radius 3 is 2.45 bits per heavy atom. The number of carbonyl (C=O) groups is 2. The lowest BCUT2D eigenvalue weighted by molar-refractivity contribution is -0.0839. The Bertz CT molecular complexity index is 726. The van der Waals surface area contributed by atoms with Gasteiger partial charge in [0.1, 0.15) is 5.82 Å². The molecule has 0 saturated carbocycles. The molecule has 2 aliphatic heterocycles. The van der Waals surface area contributed by atoms with E-state index in [1.165, 1.54) is 12.1 Å². The van der Waals surface area contributed by atoms with E-state index in [2.05, 4.69) is 26.1 Å².